The quantitative estimate of drug-likeness (QED) is 0.513. The molecule has 7 heteroatoms. The molecule has 1 aromatic carbocycles. The summed E-state index contributed by atoms with van der Waals surface area (Å²) in [5.41, 5.74) is 0.355. The number of esters is 1. The monoisotopic (exact) mass is 360 g/mol. The third-order valence-electron chi connectivity index (χ3n) is 3.59. The number of hydrogen-bond donors (Lipinski definition) is 1. The van der Waals surface area contributed by atoms with Crippen LogP contribution in [0.3, 0.4) is 0 Å². The lowest BCUT2D eigenvalue weighted by atomic mass is 10.2. The van der Waals surface area contributed by atoms with Crippen LogP contribution in [0.25, 0.3) is 0 Å². The highest BCUT2D eigenvalue weighted by molar-refractivity contribution is 5.95. The molecule has 0 aliphatic carbocycles. The van der Waals surface area contributed by atoms with E-state index in [2.05, 4.69) is 17.4 Å². The summed E-state index contributed by atoms with van der Waals surface area (Å²) in [6.45, 7) is 4.13. The Kier molecular flexibility index (Phi) is 7.67. The highest BCUT2D eigenvalue weighted by Crippen LogP contribution is 2.14. The van der Waals surface area contributed by atoms with Gasteiger partial charge in [0.2, 0.25) is 0 Å². The van der Waals surface area contributed by atoms with Crippen LogP contribution in [0.5, 0.6) is 5.75 Å². The zero-order valence-corrected chi connectivity index (χ0v) is 15.1. The van der Waals surface area contributed by atoms with Gasteiger partial charge in [-0.25, -0.2) is 4.79 Å². The standard InChI is InChI=1S/C19H24N2O5/c1-3-4-5-6-11-24-16-9-7-15(8-10-16)19(23)25-13-18(22)20-17-12-14(2)26-21-17/h7-10,12H,3-6,11,13H2,1-2H3,(H,20,21,22). The van der Waals surface area contributed by atoms with E-state index in [0.29, 0.717) is 23.7 Å². The summed E-state index contributed by atoms with van der Waals surface area (Å²) in [5.74, 6) is 0.496. The maximum absolute atomic E-state index is 12.0. The maximum Gasteiger partial charge on any atom is 0.338 e. The summed E-state index contributed by atoms with van der Waals surface area (Å²) in [6.07, 6.45) is 4.56. The first-order valence-electron chi connectivity index (χ1n) is 8.71. The van der Waals surface area contributed by atoms with Gasteiger partial charge in [0.15, 0.2) is 12.4 Å². The van der Waals surface area contributed by atoms with E-state index in [-0.39, 0.29) is 5.82 Å². The fourth-order valence-electron chi connectivity index (χ4n) is 2.22. The summed E-state index contributed by atoms with van der Waals surface area (Å²) in [5, 5.41) is 6.11. The van der Waals surface area contributed by atoms with Crippen LogP contribution in [0, 0.1) is 6.92 Å². The normalized spacial score (nSPS) is 10.4. The molecule has 0 aliphatic rings. The minimum Gasteiger partial charge on any atom is -0.494 e. The van der Waals surface area contributed by atoms with Crippen molar-refractivity contribution in [2.24, 2.45) is 0 Å². The van der Waals surface area contributed by atoms with Crippen LogP contribution < -0.4 is 10.1 Å². The molecule has 26 heavy (non-hydrogen) atoms. The van der Waals surface area contributed by atoms with Gasteiger partial charge < -0.3 is 19.3 Å². The van der Waals surface area contributed by atoms with Crippen molar-refractivity contribution in [1.29, 1.82) is 0 Å². The summed E-state index contributed by atoms with van der Waals surface area (Å²) in [6, 6.07) is 8.23. The molecule has 7 nitrogen and oxygen atoms in total. The lowest BCUT2D eigenvalue weighted by Crippen LogP contribution is -2.21. The van der Waals surface area contributed by atoms with Crippen LogP contribution in [-0.4, -0.2) is 30.2 Å². The van der Waals surface area contributed by atoms with E-state index in [1.165, 1.54) is 12.8 Å². The van der Waals surface area contributed by atoms with Gasteiger partial charge in [0.25, 0.3) is 5.91 Å². The van der Waals surface area contributed by atoms with E-state index < -0.39 is 18.5 Å². The Hall–Kier alpha value is -2.83. The average molecular weight is 360 g/mol. The number of carbonyl (C=O) groups is 2. The molecule has 140 valence electrons. The third kappa shape index (κ3) is 6.58. The fraction of sp³-hybridized carbons (Fsp3) is 0.421. The zero-order valence-electron chi connectivity index (χ0n) is 15.1. The highest BCUT2D eigenvalue weighted by atomic mass is 16.5. The Balaban J connectivity index is 1.72. The van der Waals surface area contributed by atoms with Crippen molar-refractivity contribution in [1.82, 2.24) is 5.16 Å². The molecular formula is C19H24N2O5. The molecule has 1 heterocycles. The summed E-state index contributed by atoms with van der Waals surface area (Å²) in [7, 11) is 0. The van der Waals surface area contributed by atoms with E-state index in [1.54, 1.807) is 37.3 Å². The summed E-state index contributed by atoms with van der Waals surface area (Å²) < 4.78 is 15.4. The fourth-order valence-corrected chi connectivity index (χ4v) is 2.22. The molecule has 0 fully saturated rings. The molecule has 0 atom stereocenters. The van der Waals surface area contributed by atoms with Crippen molar-refractivity contribution >= 4 is 17.7 Å². The lowest BCUT2D eigenvalue weighted by Gasteiger charge is -2.07. The Morgan fingerprint density at radius 1 is 1.15 bits per heavy atom. The number of benzene rings is 1. The Morgan fingerprint density at radius 2 is 1.92 bits per heavy atom. The van der Waals surface area contributed by atoms with E-state index >= 15 is 0 Å². The first kappa shape index (κ1) is 19.5. The highest BCUT2D eigenvalue weighted by Gasteiger charge is 2.12. The van der Waals surface area contributed by atoms with Gasteiger partial charge in [0.1, 0.15) is 11.5 Å². The molecular weight excluding hydrogens is 336 g/mol. The number of ether oxygens (including phenoxy) is 2. The van der Waals surface area contributed by atoms with E-state index in [1.807, 2.05) is 0 Å². The van der Waals surface area contributed by atoms with Crippen molar-refractivity contribution in [3.8, 4) is 5.75 Å². The largest absolute Gasteiger partial charge is 0.494 e. The number of nitrogens with zero attached hydrogens (tertiary/aromatic N) is 1. The van der Waals surface area contributed by atoms with Gasteiger partial charge in [0, 0.05) is 6.07 Å². The van der Waals surface area contributed by atoms with Gasteiger partial charge in [-0.05, 0) is 37.6 Å². The SMILES string of the molecule is CCCCCCOc1ccc(C(=O)OCC(=O)Nc2cc(C)on2)cc1. The van der Waals surface area contributed by atoms with Gasteiger partial charge >= 0.3 is 5.97 Å². The minimum absolute atomic E-state index is 0.281. The maximum atomic E-state index is 12.0. The van der Waals surface area contributed by atoms with Crippen molar-refractivity contribution in [3.05, 3.63) is 41.7 Å². The number of hydrogen-bond acceptors (Lipinski definition) is 6. The van der Waals surface area contributed by atoms with Crippen LogP contribution >= 0.6 is 0 Å². The Labute approximate surface area is 152 Å². The molecule has 0 radical (unpaired) electrons. The first-order chi connectivity index (χ1) is 12.6. The van der Waals surface area contributed by atoms with Gasteiger partial charge in [-0.2, -0.15) is 0 Å². The molecule has 0 bridgehead atoms. The number of anilines is 1. The number of carbonyl (C=O) groups excluding carboxylic acids is 2. The van der Waals surface area contributed by atoms with Gasteiger partial charge in [0.05, 0.1) is 12.2 Å². The van der Waals surface area contributed by atoms with Crippen molar-refractivity contribution in [2.45, 2.75) is 39.5 Å². The average Bonchev–Trinajstić information content (AvgIpc) is 3.04. The second kappa shape index (κ2) is 10.2. The Morgan fingerprint density at radius 3 is 2.58 bits per heavy atom. The van der Waals surface area contributed by atoms with Gasteiger partial charge in [-0.3, -0.25) is 4.79 Å². The smallest absolute Gasteiger partial charge is 0.338 e. The molecule has 0 unspecified atom stereocenters. The number of unbranched alkanes of at least 4 members (excludes halogenated alkanes) is 3. The van der Waals surface area contributed by atoms with E-state index in [9.17, 15) is 9.59 Å². The second-order valence-electron chi connectivity index (χ2n) is 5.88. The van der Waals surface area contributed by atoms with Crippen molar-refractivity contribution < 1.29 is 23.6 Å². The number of amides is 1. The van der Waals surface area contributed by atoms with Crippen LogP contribution in [0.15, 0.2) is 34.9 Å². The van der Waals surface area contributed by atoms with Crippen LogP contribution in [0.1, 0.15) is 48.7 Å². The molecule has 2 aromatic rings. The molecule has 1 aromatic heterocycles. The van der Waals surface area contributed by atoms with Crippen LogP contribution in [0.4, 0.5) is 5.82 Å². The summed E-state index contributed by atoms with van der Waals surface area (Å²) >= 11 is 0. The zero-order chi connectivity index (χ0) is 18.8. The number of aromatic nitrogens is 1. The number of nitrogens with one attached hydrogen (secondary N) is 1. The first-order valence-corrected chi connectivity index (χ1v) is 8.71. The van der Waals surface area contributed by atoms with E-state index in [0.717, 1.165) is 12.8 Å². The lowest BCUT2D eigenvalue weighted by molar-refractivity contribution is -0.119. The predicted molar refractivity (Wildman–Crippen MR) is 96.2 cm³/mol. The second-order valence-corrected chi connectivity index (χ2v) is 5.88. The van der Waals surface area contributed by atoms with Crippen LogP contribution in [-0.2, 0) is 9.53 Å². The summed E-state index contributed by atoms with van der Waals surface area (Å²) in [4.78, 5) is 23.7. The van der Waals surface area contributed by atoms with Gasteiger partial charge in [-0.15, -0.1) is 0 Å². The predicted octanol–water partition coefficient (Wildman–Crippen LogP) is 3.74. The van der Waals surface area contributed by atoms with Crippen molar-refractivity contribution in [2.75, 3.05) is 18.5 Å². The molecule has 1 amide bonds. The molecule has 0 saturated heterocycles. The molecule has 1 N–H and O–H groups in total. The van der Waals surface area contributed by atoms with Crippen LogP contribution in [0.2, 0.25) is 0 Å². The minimum atomic E-state index is -0.578. The van der Waals surface area contributed by atoms with E-state index in [4.69, 9.17) is 14.0 Å². The van der Waals surface area contributed by atoms with Gasteiger partial charge in [-0.1, -0.05) is 31.3 Å². The molecule has 0 aliphatic heterocycles. The Bertz CT molecular complexity index is 709. The molecule has 2 rings (SSSR count). The van der Waals surface area contributed by atoms with Crippen molar-refractivity contribution in [3.63, 3.8) is 0 Å². The topological polar surface area (TPSA) is 90.7 Å². The molecule has 0 saturated carbocycles. The third-order valence-corrected chi connectivity index (χ3v) is 3.59. The number of aryl methyl sites for hydroxylation is 1. The molecule has 0 spiro atoms. The number of rotatable bonds is 10.